The van der Waals surface area contributed by atoms with Crippen molar-refractivity contribution < 1.29 is 0 Å². The topological polar surface area (TPSA) is 19.0 Å². The molecule has 0 radical (unpaired) electrons. The summed E-state index contributed by atoms with van der Waals surface area (Å²) in [6, 6.07) is 9.71. The number of H-pyrrole nitrogens is 1. The molecule has 1 saturated carbocycles. The summed E-state index contributed by atoms with van der Waals surface area (Å²) in [5, 5.41) is 1.48. The van der Waals surface area contributed by atoms with E-state index < -0.39 is 0 Å². The highest BCUT2D eigenvalue weighted by Gasteiger charge is 2.48. The van der Waals surface area contributed by atoms with Gasteiger partial charge in [0.15, 0.2) is 0 Å². The molecular weight excluding hydrogens is 256 g/mol. The average Bonchev–Trinajstić information content (AvgIpc) is 2.86. The maximum absolute atomic E-state index is 3.81. The number of fused-ring (bicyclic) bond motifs is 4. The average molecular weight is 280 g/mol. The molecule has 1 unspecified atom stereocenters. The van der Waals surface area contributed by atoms with Crippen molar-refractivity contribution in [2.24, 2.45) is 11.8 Å². The minimum Gasteiger partial charge on any atom is -0.358 e. The number of hydrogen-bond donors (Lipinski definition) is 1. The molecule has 4 heterocycles. The van der Waals surface area contributed by atoms with E-state index in [1.54, 1.807) is 11.3 Å². The molecule has 1 N–H and O–H groups in total. The first-order chi connectivity index (χ1) is 10.3. The van der Waals surface area contributed by atoms with Crippen LogP contribution in [-0.2, 0) is 6.42 Å². The lowest BCUT2D eigenvalue weighted by molar-refractivity contribution is -0.0134. The predicted octanol–water partition coefficient (Wildman–Crippen LogP) is 3.93. The lowest BCUT2D eigenvalue weighted by Crippen LogP contribution is -2.56. The zero-order valence-electron chi connectivity index (χ0n) is 12.8. The van der Waals surface area contributed by atoms with Gasteiger partial charge in [-0.1, -0.05) is 31.5 Å². The van der Waals surface area contributed by atoms with E-state index in [2.05, 4.69) is 41.1 Å². The maximum Gasteiger partial charge on any atom is 0.0459 e. The van der Waals surface area contributed by atoms with Crippen molar-refractivity contribution in [3.8, 4) is 0 Å². The van der Waals surface area contributed by atoms with Gasteiger partial charge in [-0.15, -0.1) is 0 Å². The van der Waals surface area contributed by atoms with Gasteiger partial charge in [0.1, 0.15) is 0 Å². The smallest absolute Gasteiger partial charge is 0.0459 e. The molecule has 6 rings (SSSR count). The van der Waals surface area contributed by atoms with Gasteiger partial charge < -0.3 is 4.98 Å². The molecule has 2 saturated heterocycles. The van der Waals surface area contributed by atoms with Crippen LogP contribution < -0.4 is 0 Å². The van der Waals surface area contributed by atoms with Crippen LogP contribution in [0.3, 0.4) is 0 Å². The third-order valence-electron chi connectivity index (χ3n) is 6.42. The molecule has 4 bridgehead atoms. The lowest BCUT2D eigenvalue weighted by Gasteiger charge is -2.53. The van der Waals surface area contributed by atoms with Gasteiger partial charge in [0, 0.05) is 41.6 Å². The maximum atomic E-state index is 3.81. The van der Waals surface area contributed by atoms with Crippen LogP contribution in [0.2, 0.25) is 0 Å². The summed E-state index contributed by atoms with van der Waals surface area (Å²) in [4.78, 5) is 6.65. The first-order valence-corrected chi connectivity index (χ1v) is 8.68. The van der Waals surface area contributed by atoms with Crippen molar-refractivity contribution >= 4 is 10.9 Å². The quantitative estimate of drug-likeness (QED) is 0.838. The number of aromatic amines is 1. The normalized spacial score (nSPS) is 37.5. The Kier molecular flexibility index (Phi) is 2.55. The van der Waals surface area contributed by atoms with E-state index in [0.29, 0.717) is 0 Å². The largest absolute Gasteiger partial charge is 0.358 e. The number of piperidine rings is 2. The van der Waals surface area contributed by atoms with Gasteiger partial charge in [-0.2, -0.15) is 0 Å². The first kappa shape index (κ1) is 12.3. The number of para-hydroxylation sites is 1. The van der Waals surface area contributed by atoms with Gasteiger partial charge in [-0.25, -0.2) is 0 Å². The van der Waals surface area contributed by atoms with Gasteiger partial charge in [0.25, 0.3) is 0 Å². The van der Waals surface area contributed by atoms with Gasteiger partial charge in [-0.05, 0) is 42.7 Å². The molecule has 2 nitrogen and oxygen atoms in total. The van der Waals surface area contributed by atoms with E-state index in [1.807, 2.05) is 0 Å². The fourth-order valence-electron chi connectivity index (χ4n) is 5.65. The molecule has 2 heteroatoms. The minimum absolute atomic E-state index is 0.757. The SMILES string of the molecule is CC[C@@H]1C[C@@H]2C[C@H]3c4[nH]c5ccccc5c4CCN(C2)[C@@H]13. The van der Waals surface area contributed by atoms with Crippen LogP contribution >= 0.6 is 0 Å². The van der Waals surface area contributed by atoms with Crippen molar-refractivity contribution in [3.63, 3.8) is 0 Å². The third kappa shape index (κ3) is 1.63. The second-order valence-electron chi connectivity index (χ2n) is 7.41. The number of aromatic nitrogens is 1. The van der Waals surface area contributed by atoms with Crippen molar-refractivity contribution in [2.45, 2.75) is 44.6 Å². The molecule has 1 aromatic carbocycles. The van der Waals surface area contributed by atoms with Crippen LogP contribution in [-0.4, -0.2) is 29.0 Å². The van der Waals surface area contributed by atoms with Crippen LogP contribution in [0, 0.1) is 11.8 Å². The molecule has 1 aliphatic carbocycles. The number of hydrogen-bond acceptors (Lipinski definition) is 1. The Hall–Kier alpha value is -1.28. The molecular formula is C19H24N2. The van der Waals surface area contributed by atoms with Crippen LogP contribution in [0.15, 0.2) is 24.3 Å². The van der Waals surface area contributed by atoms with Crippen LogP contribution in [0.5, 0.6) is 0 Å². The third-order valence-corrected chi connectivity index (χ3v) is 6.42. The summed E-state index contributed by atoms with van der Waals surface area (Å²) in [5.74, 6) is 2.61. The molecule has 110 valence electrons. The second-order valence-corrected chi connectivity index (χ2v) is 7.41. The van der Waals surface area contributed by atoms with E-state index in [1.165, 1.54) is 49.7 Å². The fourth-order valence-corrected chi connectivity index (χ4v) is 5.65. The zero-order chi connectivity index (χ0) is 14.0. The fraction of sp³-hybridized carbons (Fsp3) is 0.579. The molecule has 3 fully saturated rings. The summed E-state index contributed by atoms with van der Waals surface area (Å²) in [7, 11) is 0. The summed E-state index contributed by atoms with van der Waals surface area (Å²) < 4.78 is 0. The standard InChI is InChI=1S/C19H24N2/c1-2-13-9-12-10-16-18-15(7-8-21(11-12)19(13)16)14-5-3-4-6-17(14)20-18/h3-6,12-13,16,19-20H,2,7-11H2,1H3/t12-,13-,16+,19+/m1/s1. The molecule has 2 aromatic rings. The molecule has 5 atom stereocenters. The van der Waals surface area contributed by atoms with Crippen molar-refractivity contribution in [1.29, 1.82) is 0 Å². The minimum atomic E-state index is 0.757. The van der Waals surface area contributed by atoms with E-state index in [4.69, 9.17) is 0 Å². The van der Waals surface area contributed by atoms with Gasteiger partial charge in [0.2, 0.25) is 0 Å². The number of rotatable bonds is 1. The Morgan fingerprint density at radius 3 is 3.05 bits per heavy atom. The number of benzene rings is 1. The predicted molar refractivity (Wildman–Crippen MR) is 86.6 cm³/mol. The van der Waals surface area contributed by atoms with Crippen LogP contribution in [0.25, 0.3) is 10.9 Å². The summed E-state index contributed by atoms with van der Waals surface area (Å²) in [5.41, 5.74) is 4.57. The first-order valence-electron chi connectivity index (χ1n) is 8.68. The molecule has 0 amide bonds. The Labute approximate surface area is 126 Å². The van der Waals surface area contributed by atoms with E-state index >= 15 is 0 Å². The summed E-state index contributed by atoms with van der Waals surface area (Å²) in [6.07, 6.45) is 5.47. The zero-order valence-corrected chi connectivity index (χ0v) is 12.8. The Morgan fingerprint density at radius 2 is 2.14 bits per heavy atom. The summed E-state index contributed by atoms with van der Waals surface area (Å²) >= 11 is 0. The summed E-state index contributed by atoms with van der Waals surface area (Å²) in [6.45, 7) is 5.02. The molecule has 1 aromatic heterocycles. The van der Waals surface area contributed by atoms with E-state index in [9.17, 15) is 0 Å². The van der Waals surface area contributed by atoms with Crippen molar-refractivity contribution in [1.82, 2.24) is 9.88 Å². The molecule has 21 heavy (non-hydrogen) atoms. The Balaban J connectivity index is 1.69. The highest BCUT2D eigenvalue weighted by molar-refractivity contribution is 5.85. The van der Waals surface area contributed by atoms with E-state index in [0.717, 1.165) is 23.8 Å². The number of nitrogens with one attached hydrogen (secondary N) is 1. The van der Waals surface area contributed by atoms with Crippen molar-refractivity contribution in [3.05, 3.63) is 35.5 Å². The number of nitrogens with zero attached hydrogens (tertiary/aromatic N) is 1. The monoisotopic (exact) mass is 280 g/mol. The van der Waals surface area contributed by atoms with Gasteiger partial charge in [-0.3, -0.25) is 4.90 Å². The van der Waals surface area contributed by atoms with Gasteiger partial charge in [0.05, 0.1) is 0 Å². The van der Waals surface area contributed by atoms with Crippen molar-refractivity contribution in [2.75, 3.05) is 13.1 Å². The van der Waals surface area contributed by atoms with E-state index in [-0.39, 0.29) is 0 Å². The Bertz CT molecular complexity index is 686. The molecule has 0 spiro atoms. The Morgan fingerprint density at radius 1 is 1.24 bits per heavy atom. The molecule has 4 aliphatic rings. The lowest BCUT2D eigenvalue weighted by atomic mass is 9.65. The van der Waals surface area contributed by atoms with Gasteiger partial charge >= 0.3 is 0 Å². The molecule has 3 aliphatic heterocycles. The second kappa shape index (κ2) is 4.36. The highest BCUT2D eigenvalue weighted by Crippen LogP contribution is 2.50. The highest BCUT2D eigenvalue weighted by atomic mass is 15.2. The van der Waals surface area contributed by atoms with Crippen LogP contribution in [0.4, 0.5) is 0 Å². The van der Waals surface area contributed by atoms with Crippen LogP contribution in [0.1, 0.15) is 43.4 Å².